The third-order valence-corrected chi connectivity index (χ3v) is 5.66. The zero-order valence-electron chi connectivity index (χ0n) is 15.7. The maximum Gasteiger partial charge on any atom is 0.263 e. The van der Waals surface area contributed by atoms with Gasteiger partial charge in [-0.3, -0.25) is 4.79 Å². The molecule has 0 saturated carbocycles. The summed E-state index contributed by atoms with van der Waals surface area (Å²) >= 11 is 1.70. The summed E-state index contributed by atoms with van der Waals surface area (Å²) in [6, 6.07) is 18.6. The van der Waals surface area contributed by atoms with Gasteiger partial charge in [-0.25, -0.2) is 0 Å². The average molecular weight is 383 g/mol. The summed E-state index contributed by atoms with van der Waals surface area (Å²) in [6.45, 7) is 1.61. The standard InChI is InChI=1S/C22H26N2O2S/c1-27-21-9-7-20(8-10-21)16-23-26-17-22(25)24-13-11-19(12-14-24)15-18-5-3-2-4-6-18/h2-10,16,19H,11-15,17H2,1H3/b23-16+. The predicted molar refractivity (Wildman–Crippen MR) is 111 cm³/mol. The van der Waals surface area contributed by atoms with E-state index in [4.69, 9.17) is 4.84 Å². The molecule has 1 saturated heterocycles. The van der Waals surface area contributed by atoms with Crippen molar-refractivity contribution in [2.75, 3.05) is 26.0 Å². The summed E-state index contributed by atoms with van der Waals surface area (Å²) in [7, 11) is 0. The van der Waals surface area contributed by atoms with E-state index in [0.717, 1.165) is 37.9 Å². The predicted octanol–water partition coefficient (Wildman–Crippen LogP) is 4.24. The molecule has 3 rings (SSSR count). The third kappa shape index (κ3) is 6.14. The minimum atomic E-state index is 0.00273. The molecule has 0 spiro atoms. The van der Waals surface area contributed by atoms with Crippen LogP contribution in [0.5, 0.6) is 0 Å². The first-order valence-electron chi connectivity index (χ1n) is 9.35. The Bertz CT molecular complexity index is 739. The Kier molecular flexibility index (Phi) is 7.34. The highest BCUT2D eigenvalue weighted by molar-refractivity contribution is 7.98. The molecule has 0 atom stereocenters. The third-order valence-electron chi connectivity index (χ3n) is 4.91. The van der Waals surface area contributed by atoms with Crippen LogP contribution in [0.1, 0.15) is 24.0 Å². The van der Waals surface area contributed by atoms with Crippen molar-refractivity contribution >= 4 is 23.9 Å². The SMILES string of the molecule is CSc1ccc(/C=N/OCC(=O)N2CCC(Cc3ccccc3)CC2)cc1. The number of benzene rings is 2. The van der Waals surface area contributed by atoms with Crippen LogP contribution in [0, 0.1) is 5.92 Å². The number of oxime groups is 1. The molecular formula is C22H26N2O2S. The van der Waals surface area contributed by atoms with E-state index < -0.39 is 0 Å². The molecule has 0 unspecified atom stereocenters. The number of carbonyl (C=O) groups is 1. The summed E-state index contributed by atoms with van der Waals surface area (Å²) in [5, 5.41) is 3.92. The van der Waals surface area contributed by atoms with Crippen LogP contribution in [0.4, 0.5) is 0 Å². The van der Waals surface area contributed by atoms with Crippen LogP contribution >= 0.6 is 11.8 Å². The number of piperidine rings is 1. The Balaban J connectivity index is 1.37. The molecule has 0 bridgehead atoms. The van der Waals surface area contributed by atoms with Crippen molar-refractivity contribution in [1.29, 1.82) is 0 Å². The molecule has 2 aromatic rings. The van der Waals surface area contributed by atoms with Crippen LogP contribution in [0.3, 0.4) is 0 Å². The van der Waals surface area contributed by atoms with E-state index in [2.05, 4.69) is 29.4 Å². The van der Waals surface area contributed by atoms with E-state index in [1.165, 1.54) is 10.5 Å². The van der Waals surface area contributed by atoms with E-state index in [1.807, 2.05) is 41.5 Å². The Morgan fingerprint density at radius 2 is 1.85 bits per heavy atom. The van der Waals surface area contributed by atoms with Crippen molar-refractivity contribution in [1.82, 2.24) is 4.90 Å². The molecule has 0 aliphatic carbocycles. The number of likely N-dealkylation sites (tertiary alicyclic amines) is 1. The van der Waals surface area contributed by atoms with Crippen LogP contribution in [-0.4, -0.2) is 43.0 Å². The number of carbonyl (C=O) groups excluding carboxylic acids is 1. The van der Waals surface area contributed by atoms with Gasteiger partial charge in [-0.2, -0.15) is 0 Å². The minimum Gasteiger partial charge on any atom is -0.386 e. The van der Waals surface area contributed by atoms with Crippen LogP contribution in [-0.2, 0) is 16.1 Å². The number of nitrogens with zero attached hydrogens (tertiary/aromatic N) is 2. The molecular weight excluding hydrogens is 356 g/mol. The molecule has 0 N–H and O–H groups in total. The van der Waals surface area contributed by atoms with Gasteiger partial charge in [0, 0.05) is 18.0 Å². The van der Waals surface area contributed by atoms with Gasteiger partial charge in [0.25, 0.3) is 5.91 Å². The van der Waals surface area contributed by atoms with Crippen molar-refractivity contribution in [2.24, 2.45) is 11.1 Å². The van der Waals surface area contributed by atoms with Gasteiger partial charge >= 0.3 is 0 Å². The largest absolute Gasteiger partial charge is 0.386 e. The number of hydrogen-bond acceptors (Lipinski definition) is 4. The second-order valence-electron chi connectivity index (χ2n) is 6.79. The highest BCUT2D eigenvalue weighted by Crippen LogP contribution is 2.21. The zero-order chi connectivity index (χ0) is 18.9. The van der Waals surface area contributed by atoms with E-state index in [9.17, 15) is 4.79 Å². The average Bonchev–Trinajstić information content (AvgIpc) is 2.73. The molecule has 4 nitrogen and oxygen atoms in total. The van der Waals surface area contributed by atoms with E-state index in [1.54, 1.807) is 18.0 Å². The fourth-order valence-electron chi connectivity index (χ4n) is 3.31. The summed E-state index contributed by atoms with van der Waals surface area (Å²) in [4.78, 5) is 20.6. The van der Waals surface area contributed by atoms with Crippen LogP contribution in [0.25, 0.3) is 0 Å². The quantitative estimate of drug-likeness (QED) is 0.409. The monoisotopic (exact) mass is 382 g/mol. The van der Waals surface area contributed by atoms with Gasteiger partial charge < -0.3 is 9.74 Å². The maximum atomic E-state index is 12.3. The Morgan fingerprint density at radius 3 is 2.52 bits per heavy atom. The molecule has 27 heavy (non-hydrogen) atoms. The van der Waals surface area contributed by atoms with E-state index >= 15 is 0 Å². The smallest absolute Gasteiger partial charge is 0.263 e. The fraction of sp³-hybridized carbons (Fsp3) is 0.364. The highest BCUT2D eigenvalue weighted by Gasteiger charge is 2.23. The maximum absolute atomic E-state index is 12.3. The zero-order valence-corrected chi connectivity index (χ0v) is 16.5. The Morgan fingerprint density at radius 1 is 1.15 bits per heavy atom. The summed E-state index contributed by atoms with van der Waals surface area (Å²) in [5.41, 5.74) is 2.34. The molecule has 2 aromatic carbocycles. The van der Waals surface area contributed by atoms with Gasteiger partial charge in [-0.1, -0.05) is 47.6 Å². The second-order valence-corrected chi connectivity index (χ2v) is 7.67. The molecule has 1 aliphatic heterocycles. The molecule has 0 radical (unpaired) electrons. The summed E-state index contributed by atoms with van der Waals surface area (Å²) in [5.74, 6) is 0.669. The molecule has 0 aromatic heterocycles. The first-order chi connectivity index (χ1) is 13.2. The lowest BCUT2D eigenvalue weighted by Crippen LogP contribution is -2.40. The molecule has 142 valence electrons. The van der Waals surface area contributed by atoms with Crippen molar-refractivity contribution in [3.05, 3.63) is 65.7 Å². The van der Waals surface area contributed by atoms with E-state index in [-0.39, 0.29) is 12.5 Å². The fourth-order valence-corrected chi connectivity index (χ4v) is 3.71. The van der Waals surface area contributed by atoms with Gasteiger partial charge in [-0.05, 0) is 54.7 Å². The number of rotatable bonds is 7. The van der Waals surface area contributed by atoms with Crippen LogP contribution in [0.2, 0.25) is 0 Å². The molecule has 1 aliphatic rings. The van der Waals surface area contributed by atoms with Gasteiger partial charge in [0.2, 0.25) is 0 Å². The summed E-state index contributed by atoms with van der Waals surface area (Å²) < 4.78 is 0. The van der Waals surface area contributed by atoms with Crippen molar-refractivity contribution in [3.63, 3.8) is 0 Å². The number of thioether (sulfide) groups is 1. The van der Waals surface area contributed by atoms with Gasteiger partial charge in [-0.15, -0.1) is 11.8 Å². The number of amides is 1. The Hall–Kier alpha value is -2.27. The first kappa shape index (κ1) is 19.5. The molecule has 5 heteroatoms. The van der Waals surface area contributed by atoms with Crippen molar-refractivity contribution < 1.29 is 9.63 Å². The van der Waals surface area contributed by atoms with Crippen LogP contribution < -0.4 is 0 Å². The second kappa shape index (κ2) is 10.2. The molecule has 1 heterocycles. The summed E-state index contributed by atoms with van der Waals surface area (Å²) in [6.07, 6.45) is 6.88. The highest BCUT2D eigenvalue weighted by atomic mass is 32.2. The van der Waals surface area contributed by atoms with Crippen LogP contribution in [0.15, 0.2) is 64.6 Å². The van der Waals surface area contributed by atoms with Crippen molar-refractivity contribution in [3.8, 4) is 0 Å². The van der Waals surface area contributed by atoms with E-state index in [0.29, 0.717) is 5.92 Å². The lowest BCUT2D eigenvalue weighted by Gasteiger charge is -2.31. The normalized spacial score (nSPS) is 15.2. The lowest BCUT2D eigenvalue weighted by molar-refractivity contribution is -0.137. The van der Waals surface area contributed by atoms with Crippen molar-refractivity contribution in [2.45, 2.75) is 24.2 Å². The first-order valence-corrected chi connectivity index (χ1v) is 10.6. The molecule has 1 fully saturated rings. The molecule has 1 amide bonds. The Labute approximate surface area is 165 Å². The number of hydrogen-bond donors (Lipinski definition) is 0. The minimum absolute atomic E-state index is 0.00273. The topological polar surface area (TPSA) is 41.9 Å². The lowest BCUT2D eigenvalue weighted by atomic mass is 9.90. The van der Waals surface area contributed by atoms with Gasteiger partial charge in [0.05, 0.1) is 6.21 Å². The van der Waals surface area contributed by atoms with Gasteiger partial charge in [0.15, 0.2) is 6.61 Å². The van der Waals surface area contributed by atoms with Gasteiger partial charge in [0.1, 0.15) is 0 Å².